The lowest BCUT2D eigenvalue weighted by Crippen LogP contribution is -2.39. The Morgan fingerprint density at radius 2 is 2.03 bits per heavy atom. The highest BCUT2D eigenvalue weighted by Gasteiger charge is 2.35. The molecule has 1 fully saturated rings. The topological polar surface area (TPSA) is 94.0 Å². The fourth-order valence-electron chi connectivity index (χ4n) is 2.97. The highest BCUT2D eigenvalue weighted by Crippen LogP contribution is 2.34. The maximum Gasteiger partial charge on any atom is 0.434 e. The van der Waals surface area contributed by atoms with Gasteiger partial charge >= 0.3 is 6.18 Å². The lowest BCUT2D eigenvalue weighted by atomic mass is 10.0. The number of likely N-dealkylation sites (N-methyl/N-ethyl adjacent to an activating group) is 1. The van der Waals surface area contributed by atoms with Crippen molar-refractivity contribution in [2.24, 2.45) is 0 Å². The molecule has 166 valence electrons. The number of amidine groups is 1. The van der Waals surface area contributed by atoms with E-state index in [1.54, 1.807) is 0 Å². The van der Waals surface area contributed by atoms with Crippen molar-refractivity contribution < 1.29 is 22.4 Å². The van der Waals surface area contributed by atoms with Crippen molar-refractivity contribution in [3.8, 4) is 0 Å². The number of anilines is 1. The van der Waals surface area contributed by atoms with E-state index in [9.17, 15) is 22.4 Å². The number of halogens is 4. The van der Waals surface area contributed by atoms with E-state index in [1.807, 2.05) is 25.2 Å². The molecule has 1 amide bonds. The van der Waals surface area contributed by atoms with Crippen LogP contribution < -0.4 is 10.6 Å². The number of nitrogens with one attached hydrogen (secondary N) is 3. The Labute approximate surface area is 180 Å². The molecule has 3 N–H and O–H groups in total. The summed E-state index contributed by atoms with van der Waals surface area (Å²) in [6.45, 7) is 4.16. The van der Waals surface area contributed by atoms with E-state index in [0.29, 0.717) is 12.7 Å². The SMILES string of the molecule is CN1CC(c2cc(NC(=O)c3cnc(C(F)(F)F)cn3)ccc2F)NC(=N)C(C)(C)S1. The van der Waals surface area contributed by atoms with Crippen LogP contribution in [-0.2, 0) is 6.18 Å². The largest absolute Gasteiger partial charge is 0.434 e. The second-order valence-corrected chi connectivity index (χ2v) is 9.29. The van der Waals surface area contributed by atoms with Gasteiger partial charge in [-0.05, 0) is 39.1 Å². The van der Waals surface area contributed by atoms with Gasteiger partial charge < -0.3 is 10.6 Å². The summed E-state index contributed by atoms with van der Waals surface area (Å²) in [5.41, 5.74) is -1.05. The van der Waals surface area contributed by atoms with E-state index in [-0.39, 0.29) is 22.8 Å². The van der Waals surface area contributed by atoms with Crippen molar-refractivity contribution in [1.29, 1.82) is 5.41 Å². The minimum atomic E-state index is -4.66. The summed E-state index contributed by atoms with van der Waals surface area (Å²) in [5, 5.41) is 13.8. The number of hydrogen-bond donors (Lipinski definition) is 3. The van der Waals surface area contributed by atoms with Crippen LogP contribution in [0.25, 0.3) is 0 Å². The maximum atomic E-state index is 14.6. The summed E-state index contributed by atoms with van der Waals surface area (Å²) in [7, 11) is 1.84. The van der Waals surface area contributed by atoms with Crippen molar-refractivity contribution in [2.45, 2.75) is 30.8 Å². The summed E-state index contributed by atoms with van der Waals surface area (Å²) in [6, 6.07) is 3.39. The van der Waals surface area contributed by atoms with Gasteiger partial charge in [0.25, 0.3) is 5.91 Å². The van der Waals surface area contributed by atoms with Crippen molar-refractivity contribution in [3.05, 3.63) is 53.4 Å². The molecule has 1 aromatic carbocycles. The average molecular weight is 456 g/mol. The molecular formula is C19H20F4N6OS. The van der Waals surface area contributed by atoms with Gasteiger partial charge in [-0.3, -0.25) is 14.5 Å². The molecule has 7 nitrogen and oxygen atoms in total. The van der Waals surface area contributed by atoms with Crippen LogP contribution in [0.3, 0.4) is 0 Å². The molecule has 1 saturated heterocycles. The average Bonchev–Trinajstić information content (AvgIpc) is 2.77. The number of rotatable bonds is 3. The fraction of sp³-hybridized carbons (Fsp3) is 0.368. The van der Waals surface area contributed by atoms with E-state index >= 15 is 0 Å². The molecule has 0 spiro atoms. The summed E-state index contributed by atoms with van der Waals surface area (Å²) < 4.78 is 53.7. The first kappa shape index (κ1) is 22.9. The molecule has 1 aliphatic rings. The summed E-state index contributed by atoms with van der Waals surface area (Å²) >= 11 is 1.45. The van der Waals surface area contributed by atoms with E-state index in [0.717, 1.165) is 6.20 Å². The van der Waals surface area contributed by atoms with Crippen molar-refractivity contribution >= 4 is 29.4 Å². The second kappa shape index (κ2) is 8.42. The third-order valence-corrected chi connectivity index (χ3v) is 5.67. The molecule has 0 bridgehead atoms. The van der Waals surface area contributed by atoms with E-state index < -0.39 is 34.4 Å². The van der Waals surface area contributed by atoms with E-state index in [2.05, 4.69) is 20.6 Å². The number of hydrogen-bond acceptors (Lipinski definition) is 6. The second-order valence-electron chi connectivity index (χ2n) is 7.46. The van der Waals surface area contributed by atoms with Crippen LogP contribution in [0.1, 0.15) is 41.6 Å². The zero-order chi connectivity index (χ0) is 23.0. The molecular weight excluding hydrogens is 436 g/mol. The Balaban J connectivity index is 1.81. The number of benzene rings is 1. The molecule has 12 heteroatoms. The Bertz CT molecular complexity index is 996. The lowest BCUT2D eigenvalue weighted by molar-refractivity contribution is -0.141. The van der Waals surface area contributed by atoms with Crippen molar-refractivity contribution in [2.75, 3.05) is 18.9 Å². The molecule has 1 aromatic heterocycles. The molecule has 1 unspecified atom stereocenters. The van der Waals surface area contributed by atoms with Crippen LogP contribution in [0.2, 0.25) is 0 Å². The number of aromatic nitrogens is 2. The minimum absolute atomic E-state index is 0.232. The van der Waals surface area contributed by atoms with Crippen molar-refractivity contribution in [1.82, 2.24) is 19.6 Å². The predicted octanol–water partition coefficient (Wildman–Crippen LogP) is 3.87. The third kappa shape index (κ3) is 5.31. The van der Waals surface area contributed by atoms with Crippen LogP contribution in [0.5, 0.6) is 0 Å². The Morgan fingerprint density at radius 3 is 2.65 bits per heavy atom. The van der Waals surface area contributed by atoms with Gasteiger partial charge in [-0.15, -0.1) is 0 Å². The molecule has 3 rings (SSSR count). The van der Waals surface area contributed by atoms with Gasteiger partial charge in [-0.25, -0.2) is 14.4 Å². The Hall–Kier alpha value is -2.73. The first-order valence-electron chi connectivity index (χ1n) is 9.12. The lowest BCUT2D eigenvalue weighted by Gasteiger charge is -2.25. The highest BCUT2D eigenvalue weighted by molar-refractivity contribution is 7.99. The molecule has 1 aliphatic heterocycles. The first-order chi connectivity index (χ1) is 14.4. The van der Waals surface area contributed by atoms with Gasteiger partial charge in [0, 0.05) is 17.8 Å². The van der Waals surface area contributed by atoms with Crippen LogP contribution in [0, 0.1) is 11.2 Å². The van der Waals surface area contributed by atoms with Crippen LogP contribution >= 0.6 is 11.9 Å². The van der Waals surface area contributed by atoms with Crippen LogP contribution in [-0.4, -0.2) is 44.4 Å². The Kier molecular flexibility index (Phi) is 6.23. The minimum Gasteiger partial charge on any atom is -0.365 e. The molecule has 2 aromatic rings. The molecule has 1 atom stereocenters. The smallest absolute Gasteiger partial charge is 0.365 e. The highest BCUT2D eigenvalue weighted by atomic mass is 32.2. The normalized spacial score (nSPS) is 19.5. The predicted molar refractivity (Wildman–Crippen MR) is 109 cm³/mol. The van der Waals surface area contributed by atoms with Crippen LogP contribution in [0.4, 0.5) is 23.2 Å². The molecule has 0 radical (unpaired) electrons. The summed E-state index contributed by atoms with van der Waals surface area (Å²) in [4.78, 5) is 19.1. The quantitative estimate of drug-likeness (QED) is 0.480. The number of nitrogens with zero attached hydrogens (tertiary/aromatic N) is 3. The summed E-state index contributed by atoms with van der Waals surface area (Å²) in [5.74, 6) is -1.06. The monoisotopic (exact) mass is 456 g/mol. The number of alkyl halides is 3. The van der Waals surface area contributed by atoms with E-state index in [1.165, 1.54) is 30.1 Å². The zero-order valence-corrected chi connectivity index (χ0v) is 17.7. The molecule has 31 heavy (non-hydrogen) atoms. The maximum absolute atomic E-state index is 14.6. The molecule has 0 aliphatic carbocycles. The Morgan fingerprint density at radius 1 is 1.32 bits per heavy atom. The van der Waals surface area contributed by atoms with Gasteiger partial charge in [-0.2, -0.15) is 13.2 Å². The van der Waals surface area contributed by atoms with Gasteiger partial charge in [0.05, 0.1) is 23.2 Å². The summed E-state index contributed by atoms with van der Waals surface area (Å²) in [6.07, 6.45) is -3.46. The van der Waals surface area contributed by atoms with Gasteiger partial charge in [-0.1, -0.05) is 11.9 Å². The number of carbonyl (C=O) groups is 1. The number of carbonyl (C=O) groups excluding carboxylic acids is 1. The number of amides is 1. The van der Waals surface area contributed by atoms with Gasteiger partial charge in [0.1, 0.15) is 17.3 Å². The molecule has 2 heterocycles. The fourth-order valence-corrected chi connectivity index (χ4v) is 4.13. The zero-order valence-electron chi connectivity index (χ0n) is 16.8. The van der Waals surface area contributed by atoms with E-state index in [4.69, 9.17) is 5.41 Å². The molecule has 0 saturated carbocycles. The van der Waals surface area contributed by atoms with Crippen molar-refractivity contribution in [3.63, 3.8) is 0 Å². The standard InChI is InChI=1S/C19H20F4N6OS/c1-18(2)17(24)28-14(9-29(3)31-18)11-6-10(4-5-12(11)20)27-16(30)13-7-26-15(8-25-13)19(21,22)23/h4-8,14H,9H2,1-3H3,(H2,24,28)(H,27,30). The third-order valence-electron chi connectivity index (χ3n) is 4.55. The van der Waals surface area contributed by atoms with Gasteiger partial charge in [0.2, 0.25) is 0 Å². The first-order valence-corrected chi connectivity index (χ1v) is 9.90. The van der Waals surface area contributed by atoms with Crippen LogP contribution in [0.15, 0.2) is 30.6 Å². The van der Waals surface area contributed by atoms with Gasteiger partial charge in [0.15, 0.2) is 5.69 Å².